The fourth-order valence-corrected chi connectivity index (χ4v) is 2.76. The van der Waals surface area contributed by atoms with Gasteiger partial charge in [0.15, 0.2) is 5.15 Å². The second-order valence-corrected chi connectivity index (χ2v) is 6.19. The third kappa shape index (κ3) is 4.30. The van der Waals surface area contributed by atoms with Gasteiger partial charge in [0.05, 0.1) is 11.9 Å². The normalized spacial score (nSPS) is 19.2. The minimum Gasteiger partial charge on any atom is -0.382 e. The van der Waals surface area contributed by atoms with Crippen LogP contribution in [0.25, 0.3) is 0 Å². The molecule has 1 aromatic rings. The van der Waals surface area contributed by atoms with Gasteiger partial charge in [-0.15, -0.1) is 5.10 Å². The van der Waals surface area contributed by atoms with Crippen molar-refractivity contribution >= 4 is 17.3 Å². The highest BCUT2D eigenvalue weighted by molar-refractivity contribution is 6.29. The highest BCUT2D eigenvalue weighted by Gasteiger charge is 2.24. The number of aromatic nitrogens is 2. The van der Waals surface area contributed by atoms with E-state index in [0.29, 0.717) is 17.1 Å². The van der Waals surface area contributed by atoms with Gasteiger partial charge >= 0.3 is 0 Å². The molecular formula is C14H24ClN5. The van der Waals surface area contributed by atoms with Gasteiger partial charge in [-0.1, -0.05) is 25.4 Å². The molecule has 6 heteroatoms. The monoisotopic (exact) mass is 297 g/mol. The quantitative estimate of drug-likeness (QED) is 0.898. The molecule has 1 aliphatic rings. The SMILES string of the molecule is CC(C)C(CNc1cnnc(Cl)c1)N1CCN(C)CC1. The topological polar surface area (TPSA) is 44.3 Å². The van der Waals surface area contributed by atoms with Crippen LogP contribution in [0, 0.1) is 5.92 Å². The molecule has 1 aromatic heterocycles. The molecule has 1 fully saturated rings. The summed E-state index contributed by atoms with van der Waals surface area (Å²) < 4.78 is 0. The summed E-state index contributed by atoms with van der Waals surface area (Å²) in [6.07, 6.45) is 1.72. The predicted molar refractivity (Wildman–Crippen MR) is 83.2 cm³/mol. The van der Waals surface area contributed by atoms with E-state index < -0.39 is 0 Å². The Labute approximate surface area is 126 Å². The molecule has 1 atom stereocenters. The molecule has 1 unspecified atom stereocenters. The maximum absolute atomic E-state index is 5.86. The second kappa shape index (κ2) is 7.20. The van der Waals surface area contributed by atoms with Crippen molar-refractivity contribution in [2.45, 2.75) is 19.9 Å². The summed E-state index contributed by atoms with van der Waals surface area (Å²) in [7, 11) is 2.19. The average Bonchev–Trinajstić information content (AvgIpc) is 2.41. The van der Waals surface area contributed by atoms with E-state index in [-0.39, 0.29) is 0 Å². The third-order valence-electron chi connectivity index (χ3n) is 3.92. The smallest absolute Gasteiger partial charge is 0.153 e. The molecule has 2 heterocycles. The largest absolute Gasteiger partial charge is 0.382 e. The molecule has 0 radical (unpaired) electrons. The molecule has 2 rings (SSSR count). The van der Waals surface area contributed by atoms with Crippen LogP contribution >= 0.6 is 11.6 Å². The summed E-state index contributed by atoms with van der Waals surface area (Å²) >= 11 is 5.86. The van der Waals surface area contributed by atoms with Crippen LogP contribution in [0.15, 0.2) is 12.3 Å². The van der Waals surface area contributed by atoms with Crippen molar-refractivity contribution in [2.75, 3.05) is 45.1 Å². The van der Waals surface area contributed by atoms with E-state index in [2.05, 4.69) is 46.2 Å². The molecule has 112 valence electrons. The van der Waals surface area contributed by atoms with Gasteiger partial charge < -0.3 is 10.2 Å². The molecule has 0 bridgehead atoms. The number of halogens is 1. The first-order valence-corrected chi connectivity index (χ1v) is 7.58. The Kier molecular flexibility index (Phi) is 5.57. The summed E-state index contributed by atoms with van der Waals surface area (Å²) in [5.74, 6) is 0.608. The molecule has 1 aliphatic heterocycles. The van der Waals surface area contributed by atoms with Gasteiger partial charge in [0, 0.05) is 44.8 Å². The number of likely N-dealkylation sites (N-methyl/N-ethyl adjacent to an activating group) is 1. The van der Waals surface area contributed by atoms with Crippen LogP contribution in [-0.4, -0.2) is 65.8 Å². The van der Waals surface area contributed by atoms with Gasteiger partial charge in [-0.3, -0.25) is 4.90 Å². The lowest BCUT2D eigenvalue weighted by Crippen LogP contribution is -2.52. The first-order valence-electron chi connectivity index (χ1n) is 7.21. The van der Waals surface area contributed by atoms with Crippen molar-refractivity contribution in [1.82, 2.24) is 20.0 Å². The van der Waals surface area contributed by atoms with E-state index in [4.69, 9.17) is 11.6 Å². The summed E-state index contributed by atoms with van der Waals surface area (Å²) in [5, 5.41) is 11.5. The summed E-state index contributed by atoms with van der Waals surface area (Å²) in [6, 6.07) is 2.34. The molecule has 1 saturated heterocycles. The van der Waals surface area contributed by atoms with Crippen molar-refractivity contribution in [1.29, 1.82) is 0 Å². The van der Waals surface area contributed by atoms with Crippen molar-refractivity contribution in [2.24, 2.45) is 5.92 Å². The first kappa shape index (κ1) is 15.5. The van der Waals surface area contributed by atoms with Gasteiger partial charge in [0.1, 0.15) is 0 Å². The van der Waals surface area contributed by atoms with Crippen LogP contribution in [0.1, 0.15) is 13.8 Å². The number of nitrogens with zero attached hydrogens (tertiary/aromatic N) is 4. The Morgan fingerprint density at radius 3 is 2.60 bits per heavy atom. The number of nitrogens with one attached hydrogen (secondary N) is 1. The number of rotatable bonds is 5. The van der Waals surface area contributed by atoms with E-state index in [0.717, 1.165) is 38.4 Å². The van der Waals surface area contributed by atoms with Gasteiger partial charge in [0.25, 0.3) is 0 Å². The molecule has 5 nitrogen and oxygen atoms in total. The van der Waals surface area contributed by atoms with Gasteiger partial charge in [0.2, 0.25) is 0 Å². The summed E-state index contributed by atoms with van der Waals surface area (Å²) in [6.45, 7) is 10.0. The molecule has 0 spiro atoms. The van der Waals surface area contributed by atoms with E-state index in [9.17, 15) is 0 Å². The van der Waals surface area contributed by atoms with Gasteiger partial charge in [-0.25, -0.2) is 0 Å². The minimum absolute atomic E-state index is 0.427. The maximum atomic E-state index is 5.86. The molecule has 0 aromatic carbocycles. The van der Waals surface area contributed by atoms with E-state index in [1.54, 1.807) is 6.20 Å². The standard InChI is InChI=1S/C14H24ClN5/c1-11(2)13(20-6-4-19(3)5-7-20)10-16-12-8-14(15)18-17-9-12/h8-9,11,13H,4-7,10H2,1-3H3,(H,16,18). The van der Waals surface area contributed by atoms with Crippen LogP contribution < -0.4 is 5.32 Å². The number of hydrogen-bond acceptors (Lipinski definition) is 5. The third-order valence-corrected chi connectivity index (χ3v) is 4.10. The van der Waals surface area contributed by atoms with Crippen LogP contribution in [0.2, 0.25) is 5.15 Å². The highest BCUT2D eigenvalue weighted by atomic mass is 35.5. The van der Waals surface area contributed by atoms with E-state index >= 15 is 0 Å². The fraction of sp³-hybridized carbons (Fsp3) is 0.714. The molecule has 0 amide bonds. The van der Waals surface area contributed by atoms with Crippen LogP contribution in [-0.2, 0) is 0 Å². The number of hydrogen-bond donors (Lipinski definition) is 1. The van der Waals surface area contributed by atoms with Crippen LogP contribution in [0.4, 0.5) is 5.69 Å². The van der Waals surface area contributed by atoms with Crippen LogP contribution in [0.3, 0.4) is 0 Å². The zero-order valence-corrected chi connectivity index (χ0v) is 13.3. The maximum Gasteiger partial charge on any atom is 0.153 e. The Morgan fingerprint density at radius 2 is 2.00 bits per heavy atom. The van der Waals surface area contributed by atoms with Crippen molar-refractivity contribution in [3.05, 3.63) is 17.4 Å². The predicted octanol–water partition coefficient (Wildman–Crippen LogP) is 1.81. The minimum atomic E-state index is 0.427. The first-order chi connectivity index (χ1) is 9.56. The fourth-order valence-electron chi connectivity index (χ4n) is 2.60. The van der Waals surface area contributed by atoms with Crippen molar-refractivity contribution < 1.29 is 0 Å². The zero-order valence-electron chi connectivity index (χ0n) is 12.5. The number of piperazine rings is 1. The Hall–Kier alpha value is -0.910. The number of anilines is 1. The van der Waals surface area contributed by atoms with E-state index in [1.165, 1.54) is 0 Å². The summed E-state index contributed by atoms with van der Waals surface area (Å²) in [5.41, 5.74) is 0.935. The molecule has 20 heavy (non-hydrogen) atoms. The van der Waals surface area contributed by atoms with Crippen molar-refractivity contribution in [3.63, 3.8) is 0 Å². The lowest BCUT2D eigenvalue weighted by atomic mass is 10.0. The Bertz CT molecular complexity index is 418. The molecular weight excluding hydrogens is 274 g/mol. The lowest BCUT2D eigenvalue weighted by Gasteiger charge is -2.40. The van der Waals surface area contributed by atoms with E-state index in [1.807, 2.05) is 6.07 Å². The van der Waals surface area contributed by atoms with Crippen LogP contribution in [0.5, 0.6) is 0 Å². The Morgan fingerprint density at radius 1 is 1.30 bits per heavy atom. The summed E-state index contributed by atoms with van der Waals surface area (Å²) in [4.78, 5) is 4.96. The Balaban J connectivity index is 1.92. The highest BCUT2D eigenvalue weighted by Crippen LogP contribution is 2.16. The lowest BCUT2D eigenvalue weighted by molar-refractivity contribution is 0.0944. The van der Waals surface area contributed by atoms with Crippen molar-refractivity contribution in [3.8, 4) is 0 Å². The molecule has 0 saturated carbocycles. The molecule has 0 aliphatic carbocycles. The average molecular weight is 298 g/mol. The molecule has 1 N–H and O–H groups in total. The zero-order chi connectivity index (χ0) is 14.5. The second-order valence-electron chi connectivity index (χ2n) is 5.80. The van der Waals surface area contributed by atoms with Gasteiger partial charge in [-0.2, -0.15) is 5.10 Å². The van der Waals surface area contributed by atoms with Gasteiger partial charge in [-0.05, 0) is 13.0 Å².